The molecule has 0 bridgehead atoms. The van der Waals surface area contributed by atoms with Crippen molar-refractivity contribution in [2.75, 3.05) is 19.3 Å². The molecule has 0 radical (unpaired) electrons. The molecular formula is C23H29N3OS2. The number of aromatic nitrogens is 2. The molecule has 3 aromatic rings. The van der Waals surface area contributed by atoms with Crippen molar-refractivity contribution in [2.24, 2.45) is 0 Å². The molecule has 29 heavy (non-hydrogen) atoms. The highest BCUT2D eigenvalue weighted by molar-refractivity contribution is 7.99. The molecule has 0 fully saturated rings. The molecule has 4 nitrogen and oxygen atoms in total. The Morgan fingerprint density at radius 1 is 1.17 bits per heavy atom. The minimum atomic E-state index is 0.0944. The lowest BCUT2D eigenvalue weighted by Gasteiger charge is -2.21. The van der Waals surface area contributed by atoms with Crippen LogP contribution < -0.4 is 5.56 Å². The molecule has 1 aliphatic heterocycles. The number of hydrogen-bond donors (Lipinski definition) is 0. The second kappa shape index (κ2) is 9.02. The topological polar surface area (TPSA) is 38.1 Å². The maximum atomic E-state index is 13.7. The predicted molar refractivity (Wildman–Crippen MR) is 125 cm³/mol. The molecule has 0 atom stereocenters. The van der Waals surface area contributed by atoms with Gasteiger partial charge in [-0.15, -0.1) is 11.3 Å². The molecule has 1 aromatic carbocycles. The molecule has 4 rings (SSSR count). The van der Waals surface area contributed by atoms with E-state index in [1.165, 1.54) is 35.3 Å². The Kier molecular flexibility index (Phi) is 6.42. The van der Waals surface area contributed by atoms with Crippen LogP contribution in [-0.4, -0.2) is 33.8 Å². The zero-order valence-corrected chi connectivity index (χ0v) is 19.2. The van der Waals surface area contributed by atoms with Gasteiger partial charge in [-0.25, -0.2) is 4.98 Å². The van der Waals surface area contributed by atoms with E-state index in [0.29, 0.717) is 0 Å². The molecule has 3 heterocycles. The maximum Gasteiger partial charge on any atom is 0.267 e. The summed E-state index contributed by atoms with van der Waals surface area (Å²) in [4.78, 5) is 23.2. The van der Waals surface area contributed by atoms with Crippen molar-refractivity contribution in [3.05, 3.63) is 50.6 Å². The van der Waals surface area contributed by atoms with Crippen molar-refractivity contribution in [1.29, 1.82) is 0 Å². The minimum Gasteiger partial charge on any atom is -0.301 e. The first-order valence-corrected chi connectivity index (χ1v) is 12.3. The first-order chi connectivity index (χ1) is 14.1. The average Bonchev–Trinajstić information content (AvgIpc) is 3.06. The van der Waals surface area contributed by atoms with Crippen molar-refractivity contribution in [3.63, 3.8) is 0 Å². The highest BCUT2D eigenvalue weighted by atomic mass is 32.2. The fourth-order valence-electron chi connectivity index (χ4n) is 3.86. The van der Waals surface area contributed by atoms with E-state index in [1.54, 1.807) is 23.1 Å². The normalized spacial score (nSPS) is 14.4. The van der Waals surface area contributed by atoms with Gasteiger partial charge in [0.2, 0.25) is 0 Å². The van der Waals surface area contributed by atoms with E-state index in [2.05, 4.69) is 37.9 Å². The van der Waals surface area contributed by atoms with Gasteiger partial charge in [0.05, 0.1) is 11.1 Å². The van der Waals surface area contributed by atoms with Crippen LogP contribution in [0.1, 0.15) is 48.6 Å². The van der Waals surface area contributed by atoms with Crippen molar-refractivity contribution in [3.8, 4) is 5.69 Å². The Hall–Kier alpha value is -1.63. The first kappa shape index (κ1) is 20.6. The number of thiophene rings is 1. The third-order valence-electron chi connectivity index (χ3n) is 5.56. The highest BCUT2D eigenvalue weighted by Crippen LogP contribution is 2.34. The molecule has 0 saturated heterocycles. The monoisotopic (exact) mass is 427 g/mol. The van der Waals surface area contributed by atoms with Crippen molar-refractivity contribution in [2.45, 2.75) is 57.7 Å². The van der Waals surface area contributed by atoms with Crippen LogP contribution in [0.25, 0.3) is 15.9 Å². The summed E-state index contributed by atoms with van der Waals surface area (Å²) in [7, 11) is 2.14. The van der Waals surface area contributed by atoms with Gasteiger partial charge in [0, 0.05) is 23.7 Å². The van der Waals surface area contributed by atoms with Gasteiger partial charge in [0.1, 0.15) is 4.83 Å². The molecule has 154 valence electrons. The van der Waals surface area contributed by atoms with Gasteiger partial charge >= 0.3 is 0 Å². The standard InChI is InChI=1S/C23H29N3OS2/c1-4-5-6-7-14-28-23-24-21-20(18-12-13-25(3)15-19(18)29-21)22(27)26(23)17-10-8-16(2)9-11-17/h8-11H,4-7,12-15H2,1-3H3. The number of benzene rings is 1. The Morgan fingerprint density at radius 2 is 1.97 bits per heavy atom. The molecular weight excluding hydrogens is 398 g/mol. The van der Waals surface area contributed by atoms with Gasteiger partial charge in [-0.2, -0.15) is 0 Å². The number of aryl methyl sites for hydroxylation is 1. The van der Waals surface area contributed by atoms with Gasteiger partial charge in [0.15, 0.2) is 5.16 Å². The SMILES string of the molecule is CCCCCCSc1nc2sc3c(c2c(=O)n1-c1ccc(C)cc1)CCN(C)C3. The van der Waals surface area contributed by atoms with Gasteiger partial charge in [-0.05, 0) is 44.5 Å². The maximum absolute atomic E-state index is 13.7. The zero-order chi connectivity index (χ0) is 20.4. The molecule has 0 amide bonds. The lowest BCUT2D eigenvalue weighted by atomic mass is 10.1. The average molecular weight is 428 g/mol. The van der Waals surface area contributed by atoms with E-state index in [4.69, 9.17) is 4.98 Å². The van der Waals surface area contributed by atoms with E-state index in [0.717, 1.165) is 52.7 Å². The van der Waals surface area contributed by atoms with E-state index in [-0.39, 0.29) is 5.56 Å². The summed E-state index contributed by atoms with van der Waals surface area (Å²) >= 11 is 3.43. The summed E-state index contributed by atoms with van der Waals surface area (Å²) in [5.41, 5.74) is 3.43. The summed E-state index contributed by atoms with van der Waals surface area (Å²) < 4.78 is 1.84. The van der Waals surface area contributed by atoms with E-state index in [9.17, 15) is 4.79 Å². The predicted octanol–water partition coefficient (Wildman–Crippen LogP) is 5.42. The number of rotatable bonds is 7. The van der Waals surface area contributed by atoms with Crippen molar-refractivity contribution >= 4 is 33.3 Å². The Bertz CT molecular complexity index is 1050. The molecule has 0 unspecified atom stereocenters. The quantitative estimate of drug-likeness (QED) is 0.287. The van der Waals surface area contributed by atoms with Crippen LogP contribution in [0.2, 0.25) is 0 Å². The Balaban J connectivity index is 1.80. The van der Waals surface area contributed by atoms with E-state index in [1.807, 2.05) is 16.7 Å². The number of nitrogens with zero attached hydrogens (tertiary/aromatic N) is 3. The summed E-state index contributed by atoms with van der Waals surface area (Å²) in [6.07, 6.45) is 5.83. The highest BCUT2D eigenvalue weighted by Gasteiger charge is 2.24. The molecule has 6 heteroatoms. The number of hydrogen-bond acceptors (Lipinski definition) is 5. The summed E-state index contributed by atoms with van der Waals surface area (Å²) in [5.74, 6) is 0.998. The van der Waals surface area contributed by atoms with Crippen LogP contribution in [0.5, 0.6) is 0 Å². The zero-order valence-electron chi connectivity index (χ0n) is 17.5. The smallest absolute Gasteiger partial charge is 0.267 e. The largest absolute Gasteiger partial charge is 0.301 e. The summed E-state index contributed by atoms with van der Waals surface area (Å²) in [6.45, 7) is 6.22. The lowest BCUT2D eigenvalue weighted by Crippen LogP contribution is -2.27. The van der Waals surface area contributed by atoms with Crippen LogP contribution in [-0.2, 0) is 13.0 Å². The fraction of sp³-hybridized carbons (Fsp3) is 0.478. The number of unbranched alkanes of at least 4 members (excludes halogenated alkanes) is 3. The fourth-order valence-corrected chi connectivity index (χ4v) is 6.21. The van der Waals surface area contributed by atoms with Crippen molar-refractivity contribution < 1.29 is 0 Å². The molecule has 2 aromatic heterocycles. The van der Waals surface area contributed by atoms with Crippen LogP contribution in [0, 0.1) is 6.92 Å². The van der Waals surface area contributed by atoms with Gasteiger partial charge in [0.25, 0.3) is 5.56 Å². The third-order valence-corrected chi connectivity index (χ3v) is 7.69. The molecule has 1 aliphatic rings. The minimum absolute atomic E-state index is 0.0944. The van der Waals surface area contributed by atoms with Crippen LogP contribution in [0.4, 0.5) is 0 Å². The van der Waals surface area contributed by atoms with Crippen LogP contribution in [0.3, 0.4) is 0 Å². The van der Waals surface area contributed by atoms with Crippen molar-refractivity contribution in [1.82, 2.24) is 14.5 Å². The van der Waals surface area contributed by atoms with E-state index < -0.39 is 0 Å². The number of likely N-dealkylation sites (N-methyl/N-ethyl adjacent to an activating group) is 1. The van der Waals surface area contributed by atoms with Crippen LogP contribution in [0.15, 0.2) is 34.2 Å². The number of thioether (sulfide) groups is 1. The molecule has 0 spiro atoms. The summed E-state index contributed by atoms with van der Waals surface area (Å²) in [6, 6.07) is 8.22. The summed E-state index contributed by atoms with van der Waals surface area (Å²) in [5, 5.41) is 1.67. The third kappa shape index (κ3) is 4.30. The molecule has 0 saturated carbocycles. The van der Waals surface area contributed by atoms with Gasteiger partial charge in [-0.1, -0.05) is 55.6 Å². The second-order valence-electron chi connectivity index (χ2n) is 7.95. The molecule has 0 aliphatic carbocycles. The lowest BCUT2D eigenvalue weighted by molar-refractivity contribution is 0.318. The Labute approximate surface area is 181 Å². The first-order valence-electron chi connectivity index (χ1n) is 10.5. The van der Waals surface area contributed by atoms with Crippen LogP contribution >= 0.6 is 23.1 Å². The Morgan fingerprint density at radius 3 is 2.72 bits per heavy atom. The second-order valence-corrected chi connectivity index (χ2v) is 10.1. The van der Waals surface area contributed by atoms with Gasteiger partial charge < -0.3 is 4.90 Å². The van der Waals surface area contributed by atoms with E-state index >= 15 is 0 Å². The molecule has 0 N–H and O–H groups in total. The van der Waals surface area contributed by atoms with Gasteiger partial charge in [-0.3, -0.25) is 9.36 Å². The number of fused-ring (bicyclic) bond motifs is 3.